The highest BCUT2D eigenvalue weighted by Crippen LogP contribution is 2.54. The van der Waals surface area contributed by atoms with E-state index in [2.05, 4.69) is 51.3 Å². The molecule has 1 amide bonds. The zero-order valence-corrected chi connectivity index (χ0v) is 26.2. The molecule has 6 rings (SSSR count). The number of fused-ring (bicyclic) bond motifs is 1. The Hall–Kier alpha value is -3.06. The maximum atomic E-state index is 12.4. The lowest BCUT2D eigenvalue weighted by Crippen LogP contribution is -2.58. The third kappa shape index (κ3) is 5.77. The Bertz CT molecular complexity index is 1460. The van der Waals surface area contributed by atoms with Gasteiger partial charge >= 0.3 is 6.09 Å². The number of anilines is 1. The maximum absolute atomic E-state index is 12.4. The average Bonchev–Trinajstić information content (AvgIpc) is 3.47. The number of carbonyl (C=O) groups is 1. The van der Waals surface area contributed by atoms with Crippen molar-refractivity contribution in [3.05, 3.63) is 59.7 Å². The van der Waals surface area contributed by atoms with Crippen LogP contribution in [0.15, 0.2) is 53.4 Å². The normalized spacial score (nSPS) is 27.2. The number of alkyl carbamates (subject to hydrolysis) is 1. The maximum Gasteiger partial charge on any atom is 0.407 e. The Balaban J connectivity index is 1.13. The van der Waals surface area contributed by atoms with Gasteiger partial charge in [0, 0.05) is 68.0 Å². The quantitative estimate of drug-likeness (QED) is 0.376. The van der Waals surface area contributed by atoms with Gasteiger partial charge in [-0.2, -0.15) is 0 Å². The van der Waals surface area contributed by atoms with Gasteiger partial charge in [0.25, 0.3) is 0 Å². The third-order valence-corrected chi connectivity index (χ3v) is 11.7. The molecule has 3 atom stereocenters. The summed E-state index contributed by atoms with van der Waals surface area (Å²) in [5, 5.41) is 4.56. The fourth-order valence-electron chi connectivity index (χ4n) is 8.61. The van der Waals surface area contributed by atoms with Crippen LogP contribution in [0.5, 0.6) is 0 Å². The molecular weight excluding hydrogens is 560 g/mol. The van der Waals surface area contributed by atoms with Gasteiger partial charge in [0.05, 0.1) is 4.90 Å². The minimum absolute atomic E-state index is 0.0306. The molecule has 2 aromatic rings. The number of likely N-dealkylation sites (tertiary alicyclic amines) is 1. The van der Waals surface area contributed by atoms with Crippen LogP contribution in [0.2, 0.25) is 0 Å². The van der Waals surface area contributed by atoms with E-state index in [0.29, 0.717) is 17.8 Å². The lowest BCUT2D eigenvalue weighted by Gasteiger charge is -2.54. The molecular formula is C34H44N4O4S. The van der Waals surface area contributed by atoms with Gasteiger partial charge < -0.3 is 24.8 Å². The number of nitrogens with one attached hydrogen (secondary N) is 1. The number of nitrogens with zero attached hydrogens (tertiary/aromatic N) is 3. The zero-order valence-electron chi connectivity index (χ0n) is 25.4. The van der Waals surface area contributed by atoms with Gasteiger partial charge in [0.15, 0.2) is 0 Å². The molecule has 43 heavy (non-hydrogen) atoms. The van der Waals surface area contributed by atoms with Gasteiger partial charge in [0.2, 0.25) is 9.84 Å². The van der Waals surface area contributed by atoms with Gasteiger partial charge in [-0.3, -0.25) is 0 Å². The summed E-state index contributed by atoms with van der Waals surface area (Å²) in [5.74, 6) is 1.44. The first-order chi connectivity index (χ1) is 20.7. The van der Waals surface area contributed by atoms with Gasteiger partial charge in [-0.1, -0.05) is 24.3 Å². The van der Waals surface area contributed by atoms with Crippen molar-refractivity contribution in [2.45, 2.75) is 55.1 Å². The fourth-order valence-corrected chi connectivity index (χ4v) is 9.24. The van der Waals surface area contributed by atoms with E-state index in [1.54, 1.807) is 19.2 Å². The van der Waals surface area contributed by atoms with E-state index >= 15 is 0 Å². The van der Waals surface area contributed by atoms with E-state index in [1.165, 1.54) is 11.1 Å². The summed E-state index contributed by atoms with van der Waals surface area (Å²) in [5.41, 5.74) is 3.92. The van der Waals surface area contributed by atoms with E-state index in [-0.39, 0.29) is 22.5 Å². The Morgan fingerprint density at radius 3 is 2.49 bits per heavy atom. The van der Waals surface area contributed by atoms with Crippen LogP contribution in [0.3, 0.4) is 0 Å². The van der Waals surface area contributed by atoms with E-state index in [0.717, 1.165) is 83.6 Å². The Kier molecular flexibility index (Phi) is 8.47. The Morgan fingerprint density at radius 1 is 1.07 bits per heavy atom. The second-order valence-corrected chi connectivity index (χ2v) is 14.8. The number of amides is 1. The van der Waals surface area contributed by atoms with Crippen molar-refractivity contribution in [1.82, 2.24) is 15.1 Å². The van der Waals surface area contributed by atoms with Crippen molar-refractivity contribution >= 4 is 21.6 Å². The largest absolute Gasteiger partial charge is 0.446 e. The molecule has 0 aromatic heterocycles. The van der Waals surface area contributed by atoms with Crippen molar-refractivity contribution in [1.29, 1.82) is 0 Å². The first kappa shape index (κ1) is 30.0. The summed E-state index contributed by atoms with van der Waals surface area (Å²) in [6.07, 6.45) is 10.2. The van der Waals surface area contributed by atoms with Crippen LogP contribution in [0.4, 0.5) is 10.5 Å². The second-order valence-electron chi connectivity index (χ2n) is 13.1. The summed E-state index contributed by atoms with van der Waals surface area (Å²) in [4.78, 5) is 20.0. The molecule has 0 radical (unpaired) electrons. The van der Waals surface area contributed by atoms with Crippen LogP contribution in [0.1, 0.15) is 43.2 Å². The highest BCUT2D eigenvalue weighted by Gasteiger charge is 2.55. The molecule has 3 aliphatic heterocycles. The highest BCUT2D eigenvalue weighted by atomic mass is 32.2. The molecule has 4 aliphatic rings. The topological polar surface area (TPSA) is 82.2 Å². The number of sulfone groups is 1. The average molecular weight is 605 g/mol. The van der Waals surface area contributed by atoms with Gasteiger partial charge in [0.1, 0.15) is 6.10 Å². The summed E-state index contributed by atoms with van der Waals surface area (Å²) in [6, 6.07) is 15.9. The van der Waals surface area contributed by atoms with E-state index in [9.17, 15) is 13.2 Å². The van der Waals surface area contributed by atoms with Crippen molar-refractivity contribution in [2.75, 3.05) is 58.3 Å². The van der Waals surface area contributed by atoms with E-state index < -0.39 is 9.84 Å². The SMILES string of the molecule is C#CS(=O)(=O)c1ccc(N2CC(CN3CCC(C4(C5CCC[C@@H]5OC(=O)NC)CN(C)Cc5ccccc54)CC3)C2)cc1. The number of ether oxygens (including phenoxy) is 1. The third-order valence-electron chi connectivity index (χ3n) is 10.5. The summed E-state index contributed by atoms with van der Waals surface area (Å²) >= 11 is 0. The van der Waals surface area contributed by atoms with Crippen LogP contribution in [-0.4, -0.2) is 83.8 Å². The molecule has 1 N–H and O–H groups in total. The Morgan fingerprint density at radius 2 is 1.79 bits per heavy atom. The van der Waals surface area contributed by atoms with E-state index in [4.69, 9.17) is 11.2 Å². The first-order valence-electron chi connectivity index (χ1n) is 15.7. The fraction of sp³-hybridized carbons (Fsp3) is 0.559. The van der Waals surface area contributed by atoms with Crippen molar-refractivity contribution < 1.29 is 17.9 Å². The zero-order chi connectivity index (χ0) is 30.2. The second kappa shape index (κ2) is 12.1. The molecule has 3 heterocycles. The smallest absolute Gasteiger partial charge is 0.407 e. The predicted octanol–water partition coefficient (Wildman–Crippen LogP) is 4.11. The Labute approximate surface area is 256 Å². The number of hydrogen-bond acceptors (Lipinski definition) is 7. The standard InChI is InChI=1S/C34H44N4O4S/c1-4-43(40,41)29-14-12-28(13-15-29)38-21-25(22-38)20-37-18-16-27(17-19-37)34(31-10-7-11-32(31)42-33(39)35-2)24-36(3)23-26-8-5-6-9-30(26)34/h1,5-6,8-9,12-15,25,27,31-32H,7,10-11,16-24H2,2-3H3,(H,35,39)/t31?,32-,34?/m0/s1. The molecule has 230 valence electrons. The van der Waals surface area contributed by atoms with Crippen molar-refractivity contribution in [3.63, 3.8) is 0 Å². The number of benzene rings is 2. The van der Waals surface area contributed by atoms with Crippen LogP contribution >= 0.6 is 0 Å². The molecule has 2 unspecified atom stereocenters. The summed E-state index contributed by atoms with van der Waals surface area (Å²) in [6.45, 7) is 7.18. The molecule has 1 saturated carbocycles. The van der Waals surface area contributed by atoms with Crippen LogP contribution in [-0.2, 0) is 26.5 Å². The number of hydrogen-bond donors (Lipinski definition) is 1. The minimum Gasteiger partial charge on any atom is -0.446 e. The summed E-state index contributed by atoms with van der Waals surface area (Å²) in [7, 11) is 0.252. The van der Waals surface area contributed by atoms with Gasteiger partial charge in [-0.15, -0.1) is 6.42 Å². The van der Waals surface area contributed by atoms with Crippen LogP contribution < -0.4 is 10.2 Å². The van der Waals surface area contributed by atoms with Crippen molar-refractivity contribution in [3.8, 4) is 11.7 Å². The molecule has 3 fully saturated rings. The molecule has 8 nitrogen and oxygen atoms in total. The molecule has 1 aliphatic carbocycles. The molecule has 0 bridgehead atoms. The number of piperidine rings is 1. The first-order valence-corrected chi connectivity index (χ1v) is 17.2. The highest BCUT2D eigenvalue weighted by molar-refractivity contribution is 7.96. The lowest BCUT2D eigenvalue weighted by molar-refractivity contribution is -0.0106. The van der Waals surface area contributed by atoms with Crippen LogP contribution in [0.25, 0.3) is 0 Å². The predicted molar refractivity (Wildman–Crippen MR) is 168 cm³/mol. The number of rotatable bonds is 7. The molecule has 0 spiro atoms. The number of likely N-dealkylation sites (N-methyl/N-ethyl adjacent to an activating group) is 1. The van der Waals surface area contributed by atoms with Gasteiger partial charge in [-0.25, -0.2) is 13.2 Å². The van der Waals surface area contributed by atoms with Crippen molar-refractivity contribution in [2.24, 2.45) is 17.8 Å². The molecule has 2 saturated heterocycles. The van der Waals surface area contributed by atoms with E-state index in [1.807, 2.05) is 17.4 Å². The van der Waals surface area contributed by atoms with Gasteiger partial charge in [-0.05, 0) is 93.6 Å². The molecule has 9 heteroatoms. The lowest BCUT2D eigenvalue weighted by atomic mass is 9.56. The van der Waals surface area contributed by atoms with Crippen LogP contribution in [0, 0.1) is 29.4 Å². The number of terminal acetylenes is 1. The molecule has 2 aromatic carbocycles. The summed E-state index contributed by atoms with van der Waals surface area (Å²) < 4.78 is 29.9. The number of carbonyl (C=O) groups excluding carboxylic acids is 1. The monoisotopic (exact) mass is 604 g/mol. The minimum atomic E-state index is -3.64.